The molecule has 0 aromatic carbocycles. The molecule has 10 heavy (non-hydrogen) atoms. The molecule has 0 aliphatic rings. The summed E-state index contributed by atoms with van der Waals surface area (Å²) in [6, 6.07) is 0. The maximum absolute atomic E-state index is 5.50. The molecule has 0 unspecified atom stereocenters. The average Bonchev–Trinajstić information content (AvgIpc) is 2.20. The number of anilines is 1. The number of rotatable bonds is 1. The summed E-state index contributed by atoms with van der Waals surface area (Å²) in [6.07, 6.45) is 0. The highest BCUT2D eigenvalue weighted by Gasteiger charge is 2.03. The van der Waals surface area contributed by atoms with Crippen LogP contribution in [0.2, 0.25) is 0 Å². The summed E-state index contributed by atoms with van der Waals surface area (Å²) in [5.41, 5.74) is 6.96. The van der Waals surface area contributed by atoms with E-state index < -0.39 is 0 Å². The number of isothiocyanates is 1. The Labute approximate surface area is 67.8 Å². The molecule has 0 saturated heterocycles. The lowest BCUT2D eigenvalue weighted by atomic mass is 10.4. The summed E-state index contributed by atoms with van der Waals surface area (Å²) >= 11 is 5.64. The van der Waals surface area contributed by atoms with Crippen LogP contribution in [0.5, 0.6) is 0 Å². The van der Waals surface area contributed by atoms with E-state index in [2.05, 4.69) is 26.7 Å². The monoisotopic (exact) mass is 171 g/mol. The van der Waals surface area contributed by atoms with E-state index in [9.17, 15) is 0 Å². The van der Waals surface area contributed by atoms with Crippen molar-refractivity contribution in [3.05, 3.63) is 5.69 Å². The minimum Gasteiger partial charge on any atom is -0.388 e. The molecule has 0 aliphatic heterocycles. The molecule has 52 valence electrons. The van der Waals surface area contributed by atoms with Gasteiger partial charge in [0, 0.05) is 0 Å². The Kier molecular flexibility index (Phi) is 2.11. The van der Waals surface area contributed by atoms with Crippen LogP contribution in [0.25, 0.3) is 0 Å². The van der Waals surface area contributed by atoms with Crippen LogP contribution in [0.4, 0.5) is 10.7 Å². The van der Waals surface area contributed by atoms with E-state index in [1.165, 1.54) is 11.5 Å². The van der Waals surface area contributed by atoms with Gasteiger partial charge in [-0.15, -0.1) is 0 Å². The molecule has 2 N–H and O–H groups in total. The van der Waals surface area contributed by atoms with Crippen LogP contribution in [0.15, 0.2) is 4.99 Å². The van der Waals surface area contributed by atoms with Crippen LogP contribution in [0.1, 0.15) is 5.69 Å². The summed E-state index contributed by atoms with van der Waals surface area (Å²) in [4.78, 5) is 3.75. The Bertz CT molecular complexity index is 266. The number of aryl methyl sites for hydroxylation is 1. The van der Waals surface area contributed by atoms with E-state index in [1.807, 2.05) is 6.92 Å². The van der Waals surface area contributed by atoms with E-state index in [1.54, 1.807) is 0 Å². The molecule has 0 atom stereocenters. The van der Waals surface area contributed by atoms with Gasteiger partial charge in [-0.05, 0) is 30.7 Å². The van der Waals surface area contributed by atoms with Gasteiger partial charge in [-0.25, -0.2) is 0 Å². The van der Waals surface area contributed by atoms with E-state index in [4.69, 9.17) is 5.73 Å². The van der Waals surface area contributed by atoms with Crippen LogP contribution < -0.4 is 5.73 Å². The lowest BCUT2D eigenvalue weighted by Gasteiger charge is -1.85. The molecule has 0 aliphatic carbocycles. The normalized spacial score (nSPS) is 8.90. The van der Waals surface area contributed by atoms with E-state index in [0.717, 1.165) is 5.69 Å². The number of nitrogen functional groups attached to an aromatic ring is 1. The highest BCUT2D eigenvalue weighted by molar-refractivity contribution is 7.78. The van der Waals surface area contributed by atoms with Crippen molar-refractivity contribution in [2.45, 2.75) is 6.92 Å². The van der Waals surface area contributed by atoms with Crippen LogP contribution in [-0.4, -0.2) is 9.53 Å². The third-order valence-corrected chi connectivity index (χ3v) is 1.86. The predicted octanol–water partition coefficient (Wildman–Crippen LogP) is 1.77. The molecule has 1 aromatic heterocycles. The molecular formula is C5H5N3S2. The van der Waals surface area contributed by atoms with Crippen LogP contribution in [-0.2, 0) is 0 Å². The Morgan fingerprint density at radius 3 is 2.90 bits per heavy atom. The lowest BCUT2D eigenvalue weighted by Crippen LogP contribution is -1.77. The Hall–Kier alpha value is -0.770. The van der Waals surface area contributed by atoms with Gasteiger partial charge in [0.05, 0.1) is 10.9 Å². The first-order chi connectivity index (χ1) is 4.75. The first kappa shape index (κ1) is 7.34. The van der Waals surface area contributed by atoms with Crippen molar-refractivity contribution in [1.82, 2.24) is 4.37 Å². The zero-order valence-corrected chi connectivity index (χ0v) is 6.92. The molecule has 1 rings (SSSR count). The van der Waals surface area contributed by atoms with Crippen molar-refractivity contribution in [3.63, 3.8) is 0 Å². The number of thiocarbonyl (C=S) groups is 1. The minimum atomic E-state index is 0.592. The Morgan fingerprint density at radius 1 is 1.80 bits per heavy atom. The van der Waals surface area contributed by atoms with Gasteiger partial charge in [-0.3, -0.25) is 0 Å². The summed E-state index contributed by atoms with van der Waals surface area (Å²) in [5.74, 6) is 0. The molecule has 1 heterocycles. The smallest absolute Gasteiger partial charge is 0.134 e. The number of hydrogen-bond acceptors (Lipinski definition) is 5. The SMILES string of the molecule is Cc1nsc(N)c1N=C=S. The predicted molar refractivity (Wildman–Crippen MR) is 45.9 cm³/mol. The molecule has 0 bridgehead atoms. The summed E-state index contributed by atoms with van der Waals surface area (Å²) in [5, 5.41) is 2.84. The zero-order chi connectivity index (χ0) is 7.56. The van der Waals surface area contributed by atoms with E-state index in [-0.39, 0.29) is 0 Å². The summed E-state index contributed by atoms with van der Waals surface area (Å²) < 4.78 is 3.97. The molecular weight excluding hydrogens is 166 g/mol. The molecule has 3 nitrogen and oxygen atoms in total. The van der Waals surface area contributed by atoms with Gasteiger partial charge in [0.2, 0.25) is 0 Å². The van der Waals surface area contributed by atoms with Crippen molar-refractivity contribution >= 4 is 39.6 Å². The molecule has 0 saturated carbocycles. The Morgan fingerprint density at radius 2 is 2.50 bits per heavy atom. The number of aliphatic imine (C=N–C) groups is 1. The van der Waals surface area contributed by atoms with Gasteiger partial charge < -0.3 is 5.73 Å². The summed E-state index contributed by atoms with van der Waals surface area (Å²) in [7, 11) is 0. The summed E-state index contributed by atoms with van der Waals surface area (Å²) in [6.45, 7) is 1.83. The topological polar surface area (TPSA) is 51.3 Å². The fraction of sp³-hybridized carbons (Fsp3) is 0.200. The van der Waals surface area contributed by atoms with Crippen LogP contribution >= 0.6 is 23.8 Å². The molecule has 0 spiro atoms. The fourth-order valence-electron chi connectivity index (χ4n) is 0.564. The van der Waals surface area contributed by atoms with Crippen molar-refractivity contribution in [2.24, 2.45) is 4.99 Å². The van der Waals surface area contributed by atoms with Gasteiger partial charge in [0.25, 0.3) is 0 Å². The quantitative estimate of drug-likeness (QED) is 0.517. The number of aromatic nitrogens is 1. The first-order valence-electron chi connectivity index (χ1n) is 2.55. The first-order valence-corrected chi connectivity index (χ1v) is 3.73. The third-order valence-electron chi connectivity index (χ3n) is 1.01. The minimum absolute atomic E-state index is 0.592. The van der Waals surface area contributed by atoms with Gasteiger partial charge >= 0.3 is 0 Å². The van der Waals surface area contributed by atoms with Gasteiger partial charge in [0.1, 0.15) is 10.7 Å². The lowest BCUT2D eigenvalue weighted by molar-refractivity contribution is 1.32. The van der Waals surface area contributed by atoms with E-state index >= 15 is 0 Å². The number of hydrogen-bond donors (Lipinski definition) is 1. The number of nitrogens with zero attached hydrogens (tertiary/aromatic N) is 2. The average molecular weight is 171 g/mol. The molecule has 1 aromatic rings. The van der Waals surface area contributed by atoms with Gasteiger partial charge in [0.15, 0.2) is 0 Å². The number of nitrogens with two attached hydrogens (primary N) is 1. The maximum Gasteiger partial charge on any atom is 0.134 e. The molecule has 0 radical (unpaired) electrons. The van der Waals surface area contributed by atoms with Crippen LogP contribution in [0.3, 0.4) is 0 Å². The van der Waals surface area contributed by atoms with Gasteiger partial charge in [-0.2, -0.15) is 9.37 Å². The van der Waals surface area contributed by atoms with Crippen LogP contribution in [0, 0.1) is 6.92 Å². The molecule has 0 fully saturated rings. The zero-order valence-electron chi connectivity index (χ0n) is 5.29. The third kappa shape index (κ3) is 1.21. The van der Waals surface area contributed by atoms with Gasteiger partial charge in [-0.1, -0.05) is 0 Å². The molecule has 5 heteroatoms. The maximum atomic E-state index is 5.50. The Balaban J connectivity index is 3.22. The van der Waals surface area contributed by atoms with Crippen molar-refractivity contribution in [3.8, 4) is 0 Å². The second kappa shape index (κ2) is 2.88. The second-order valence-electron chi connectivity index (χ2n) is 1.68. The van der Waals surface area contributed by atoms with Crippen molar-refractivity contribution in [2.75, 3.05) is 5.73 Å². The fourth-order valence-corrected chi connectivity index (χ4v) is 1.26. The molecule has 0 amide bonds. The standard InChI is InChI=1S/C5H5N3S2/c1-3-4(7-2-9)5(6)10-8-3/h6H2,1H3. The van der Waals surface area contributed by atoms with E-state index in [0.29, 0.717) is 10.7 Å². The van der Waals surface area contributed by atoms with Crippen molar-refractivity contribution in [1.29, 1.82) is 0 Å². The van der Waals surface area contributed by atoms with Crippen molar-refractivity contribution < 1.29 is 0 Å². The largest absolute Gasteiger partial charge is 0.388 e. The second-order valence-corrected chi connectivity index (χ2v) is 2.67. The highest BCUT2D eigenvalue weighted by Crippen LogP contribution is 2.28. The highest BCUT2D eigenvalue weighted by atomic mass is 32.1.